The van der Waals surface area contributed by atoms with E-state index >= 15 is 0 Å². The van der Waals surface area contributed by atoms with Crippen LogP contribution in [0.5, 0.6) is 0 Å². The summed E-state index contributed by atoms with van der Waals surface area (Å²) in [5.41, 5.74) is 3.44. The van der Waals surface area contributed by atoms with Gasteiger partial charge in [0.2, 0.25) is 0 Å². The molecule has 0 aliphatic heterocycles. The van der Waals surface area contributed by atoms with Crippen molar-refractivity contribution in [3.05, 3.63) is 23.8 Å². The van der Waals surface area contributed by atoms with Gasteiger partial charge in [-0.3, -0.25) is 4.79 Å². The van der Waals surface area contributed by atoms with Crippen molar-refractivity contribution >= 4 is 5.97 Å². The maximum absolute atomic E-state index is 11.6. The highest BCUT2D eigenvalue weighted by molar-refractivity contribution is 5.67. The van der Waals surface area contributed by atoms with Crippen LogP contribution in [-0.4, -0.2) is 22.8 Å². The van der Waals surface area contributed by atoms with E-state index in [2.05, 4.69) is 47.3 Å². The monoisotopic (exact) mass is 456 g/mol. The lowest BCUT2D eigenvalue weighted by molar-refractivity contribution is -0.139. The molecule has 3 nitrogen and oxygen atoms in total. The maximum atomic E-state index is 11.6. The van der Waals surface area contributed by atoms with Crippen LogP contribution in [0.25, 0.3) is 0 Å². The Labute approximate surface area is 202 Å². The van der Waals surface area contributed by atoms with Crippen molar-refractivity contribution in [2.24, 2.45) is 45.3 Å². The van der Waals surface area contributed by atoms with Crippen LogP contribution < -0.4 is 0 Å². The zero-order valence-electron chi connectivity index (χ0n) is 21.9. The molecule has 0 bridgehead atoms. The second-order valence-electron chi connectivity index (χ2n) is 13.2. The summed E-state index contributed by atoms with van der Waals surface area (Å²) in [5.74, 6) is 1.85. The summed E-state index contributed by atoms with van der Waals surface area (Å²) in [4.78, 5) is 11.6. The maximum Gasteiger partial charge on any atom is 0.303 e. The highest BCUT2D eigenvalue weighted by Crippen LogP contribution is 2.87. The van der Waals surface area contributed by atoms with E-state index in [1.807, 2.05) is 0 Å². The first-order valence-corrected chi connectivity index (χ1v) is 13.6. The van der Waals surface area contributed by atoms with E-state index in [1.165, 1.54) is 50.5 Å². The fourth-order valence-corrected chi connectivity index (χ4v) is 10.1. The van der Waals surface area contributed by atoms with Crippen LogP contribution in [-0.2, 0) is 4.79 Å². The molecule has 33 heavy (non-hydrogen) atoms. The molecule has 4 fully saturated rings. The molecule has 0 heterocycles. The number of allylic oxidation sites excluding steroid dienone is 2. The Morgan fingerprint density at radius 3 is 2.48 bits per heavy atom. The minimum absolute atomic E-state index is 0.0422. The first-order valence-electron chi connectivity index (χ1n) is 13.6. The molecule has 0 amide bonds. The third kappa shape index (κ3) is 3.58. The van der Waals surface area contributed by atoms with Crippen molar-refractivity contribution in [2.45, 2.75) is 105 Å². The van der Waals surface area contributed by atoms with Crippen molar-refractivity contribution in [1.29, 1.82) is 0 Å². The van der Waals surface area contributed by atoms with Crippen LogP contribution >= 0.6 is 0 Å². The molecule has 0 saturated heterocycles. The van der Waals surface area contributed by atoms with Crippen molar-refractivity contribution < 1.29 is 15.0 Å². The van der Waals surface area contributed by atoms with E-state index in [0.717, 1.165) is 36.7 Å². The van der Waals surface area contributed by atoms with Gasteiger partial charge in [0.15, 0.2) is 0 Å². The van der Waals surface area contributed by atoms with Gasteiger partial charge in [0.05, 0.1) is 6.61 Å². The molecule has 4 saturated carbocycles. The van der Waals surface area contributed by atoms with E-state index in [4.69, 9.17) is 0 Å². The molecular formula is C30H48O3. The number of hydrogen-bond acceptors (Lipinski definition) is 2. The Morgan fingerprint density at radius 1 is 1.12 bits per heavy atom. The molecule has 1 spiro atoms. The van der Waals surface area contributed by atoms with Crippen LogP contribution in [0, 0.1) is 45.3 Å². The van der Waals surface area contributed by atoms with Gasteiger partial charge < -0.3 is 10.2 Å². The van der Waals surface area contributed by atoms with Crippen LogP contribution in [0.4, 0.5) is 0 Å². The van der Waals surface area contributed by atoms with Crippen molar-refractivity contribution in [2.75, 3.05) is 6.61 Å². The predicted molar refractivity (Wildman–Crippen MR) is 135 cm³/mol. The Bertz CT molecular complexity index is 824. The van der Waals surface area contributed by atoms with Gasteiger partial charge >= 0.3 is 5.97 Å². The zero-order valence-corrected chi connectivity index (χ0v) is 21.9. The third-order valence-electron chi connectivity index (χ3n) is 11.9. The number of hydrogen-bond donors (Lipinski definition) is 2. The number of fused-ring (bicyclic) bond motifs is 2. The second-order valence-corrected chi connectivity index (χ2v) is 13.2. The molecule has 0 aromatic rings. The van der Waals surface area contributed by atoms with E-state index in [-0.39, 0.29) is 23.9 Å². The number of aliphatic carboxylic acids is 1. The van der Waals surface area contributed by atoms with Gasteiger partial charge in [-0.1, -0.05) is 39.0 Å². The fraction of sp³-hybridized carbons (Fsp3) is 0.833. The lowest BCUT2D eigenvalue weighted by Crippen LogP contribution is -2.54. The second kappa shape index (κ2) is 8.54. The molecule has 0 radical (unpaired) electrons. The summed E-state index contributed by atoms with van der Waals surface area (Å²) in [6.07, 6.45) is 14.6. The first-order chi connectivity index (χ1) is 15.5. The topological polar surface area (TPSA) is 57.5 Å². The highest BCUT2D eigenvalue weighted by Gasteiger charge is 2.80. The lowest BCUT2D eigenvalue weighted by atomic mass is 9.43. The SMILES string of the molecule is C=C(CO)C1CC[C@@H]2[C@]3(CC[C@]4(C)[C@H](C(C)CCC=C(C)C)CC[C@@]24C)C[C@]13CCC(=O)O. The quantitative estimate of drug-likeness (QED) is 0.355. The van der Waals surface area contributed by atoms with Gasteiger partial charge in [-0.2, -0.15) is 0 Å². The molecule has 2 unspecified atom stereocenters. The number of aliphatic hydroxyl groups excluding tert-OH is 1. The van der Waals surface area contributed by atoms with Crippen LogP contribution in [0.1, 0.15) is 105 Å². The normalized spacial score (nSPS) is 44.2. The average molecular weight is 457 g/mol. The predicted octanol–water partition coefficient (Wildman–Crippen LogP) is 7.40. The smallest absolute Gasteiger partial charge is 0.303 e. The first kappa shape index (κ1) is 25.0. The number of rotatable bonds is 9. The third-order valence-corrected chi connectivity index (χ3v) is 11.9. The Morgan fingerprint density at radius 2 is 1.85 bits per heavy atom. The standard InChI is InChI=1S/C30H48O3/c1-20(2)8-7-9-21(3)23-12-14-28(6)25-11-10-24(22(4)18-31)29(15-13-26(32)33)19-30(25,29)17-16-27(23,28)5/h8,21,23-25,31H,4,7,9-19H2,1-3,5-6H3,(H,32,33)/t21?,23-,24?,25-,27+,28-,29+,30-/m0/s1. The lowest BCUT2D eigenvalue weighted by Gasteiger charge is -2.61. The van der Waals surface area contributed by atoms with Crippen molar-refractivity contribution in [3.8, 4) is 0 Å². The number of aliphatic hydroxyl groups is 1. The molecule has 8 atom stereocenters. The largest absolute Gasteiger partial charge is 0.481 e. The molecule has 0 aromatic carbocycles. The molecule has 2 N–H and O–H groups in total. The van der Waals surface area contributed by atoms with Gasteiger partial charge in [0, 0.05) is 6.42 Å². The summed E-state index contributed by atoms with van der Waals surface area (Å²) < 4.78 is 0. The fourth-order valence-electron chi connectivity index (χ4n) is 10.1. The minimum atomic E-state index is -0.681. The zero-order chi connectivity index (χ0) is 24.2. The van der Waals surface area contributed by atoms with Gasteiger partial charge in [-0.05, 0) is 129 Å². The highest BCUT2D eigenvalue weighted by atomic mass is 16.4. The van der Waals surface area contributed by atoms with Crippen molar-refractivity contribution in [3.63, 3.8) is 0 Å². The molecule has 186 valence electrons. The Hall–Kier alpha value is -1.09. The van der Waals surface area contributed by atoms with Crippen LogP contribution in [0.15, 0.2) is 23.8 Å². The summed E-state index contributed by atoms with van der Waals surface area (Å²) in [6, 6.07) is 0. The Kier molecular flexibility index (Phi) is 6.47. The minimum Gasteiger partial charge on any atom is -0.481 e. The molecular weight excluding hydrogens is 408 g/mol. The molecule has 4 aliphatic carbocycles. The van der Waals surface area contributed by atoms with Crippen molar-refractivity contribution in [1.82, 2.24) is 0 Å². The molecule has 0 aromatic heterocycles. The van der Waals surface area contributed by atoms with Crippen LogP contribution in [0.2, 0.25) is 0 Å². The number of carboxylic acid groups (broad SMARTS) is 1. The van der Waals surface area contributed by atoms with E-state index < -0.39 is 5.97 Å². The average Bonchev–Trinajstić information content (AvgIpc) is 3.35. The molecule has 3 heteroatoms. The number of carbonyl (C=O) groups is 1. The van der Waals surface area contributed by atoms with Gasteiger partial charge in [0.1, 0.15) is 0 Å². The number of carboxylic acids is 1. The molecule has 4 rings (SSSR count). The van der Waals surface area contributed by atoms with Gasteiger partial charge in [0.25, 0.3) is 0 Å². The summed E-state index contributed by atoms with van der Waals surface area (Å²) in [6.45, 7) is 16.4. The molecule has 4 aliphatic rings. The van der Waals surface area contributed by atoms with Gasteiger partial charge in [-0.25, -0.2) is 0 Å². The summed E-state index contributed by atoms with van der Waals surface area (Å²) >= 11 is 0. The summed E-state index contributed by atoms with van der Waals surface area (Å²) in [7, 11) is 0. The Balaban J connectivity index is 1.61. The van der Waals surface area contributed by atoms with Gasteiger partial charge in [-0.15, -0.1) is 0 Å². The van der Waals surface area contributed by atoms with Crippen LogP contribution in [0.3, 0.4) is 0 Å². The van der Waals surface area contributed by atoms with E-state index in [9.17, 15) is 15.0 Å². The van der Waals surface area contributed by atoms with E-state index in [0.29, 0.717) is 22.7 Å². The van der Waals surface area contributed by atoms with E-state index in [1.54, 1.807) is 0 Å². The summed E-state index contributed by atoms with van der Waals surface area (Å²) in [5, 5.41) is 19.5.